The summed E-state index contributed by atoms with van der Waals surface area (Å²) in [6.07, 6.45) is -1.89. The number of imidazole rings is 1. The molecule has 0 unspecified atom stereocenters. The number of amides is 1. The van der Waals surface area contributed by atoms with Crippen LogP contribution in [0.4, 0.5) is 18.0 Å². The molecule has 0 spiro atoms. The summed E-state index contributed by atoms with van der Waals surface area (Å²) in [7, 11) is 0. The predicted octanol–water partition coefficient (Wildman–Crippen LogP) is 5.43. The van der Waals surface area contributed by atoms with Crippen LogP contribution in [0.3, 0.4) is 0 Å². The minimum atomic E-state index is -4.35. The molecule has 0 bridgehead atoms. The molecule has 1 amide bonds. The van der Waals surface area contributed by atoms with Crippen molar-refractivity contribution in [2.24, 2.45) is 0 Å². The molecule has 5 nitrogen and oxygen atoms in total. The van der Waals surface area contributed by atoms with E-state index in [1.165, 1.54) is 12.1 Å². The van der Waals surface area contributed by atoms with Gasteiger partial charge in [0.1, 0.15) is 9.30 Å². The number of halogens is 4. The van der Waals surface area contributed by atoms with Crippen molar-refractivity contribution in [3.8, 4) is 0 Å². The zero-order valence-electron chi connectivity index (χ0n) is 16.5. The van der Waals surface area contributed by atoms with Crippen LogP contribution in [0.1, 0.15) is 50.1 Å². The monoisotopic (exact) mass is 521 g/mol. The molecule has 2 heterocycles. The van der Waals surface area contributed by atoms with Gasteiger partial charge in [0.25, 0.3) is 0 Å². The lowest BCUT2D eigenvalue weighted by Gasteiger charge is -2.37. The lowest BCUT2D eigenvalue weighted by Crippen LogP contribution is -2.44. The Labute approximate surface area is 181 Å². The first-order valence-electron chi connectivity index (χ1n) is 9.32. The quantitative estimate of drug-likeness (QED) is 0.507. The van der Waals surface area contributed by atoms with Crippen LogP contribution in [-0.2, 0) is 23.9 Å². The molecule has 29 heavy (non-hydrogen) atoms. The predicted molar refractivity (Wildman–Crippen MR) is 110 cm³/mol. The minimum Gasteiger partial charge on any atom is -0.444 e. The molecule has 0 saturated carbocycles. The lowest BCUT2D eigenvalue weighted by atomic mass is 9.99. The van der Waals surface area contributed by atoms with Gasteiger partial charge in [-0.05, 0) is 73.9 Å². The van der Waals surface area contributed by atoms with E-state index in [9.17, 15) is 18.0 Å². The van der Waals surface area contributed by atoms with Gasteiger partial charge in [-0.25, -0.2) is 9.78 Å². The van der Waals surface area contributed by atoms with Crippen molar-refractivity contribution in [2.45, 2.75) is 58.0 Å². The molecule has 1 aromatic heterocycles. The Morgan fingerprint density at radius 1 is 1.21 bits per heavy atom. The average molecular weight is 521 g/mol. The Bertz CT molecular complexity index is 873. The topological polar surface area (TPSA) is 47.4 Å². The van der Waals surface area contributed by atoms with Gasteiger partial charge in [0.05, 0.1) is 23.6 Å². The van der Waals surface area contributed by atoms with E-state index in [1.807, 2.05) is 25.3 Å². The molecule has 1 atom stereocenters. The molecule has 0 fully saturated rings. The number of ether oxygens (including phenoxy) is 1. The SMILES string of the molecule is CC(C)(C)OC(=O)N1CCn2cnc(I)c2[C@@H]1CCc1ccc(C(F)(F)F)cc1. The molecule has 1 aromatic carbocycles. The Morgan fingerprint density at radius 3 is 2.45 bits per heavy atom. The summed E-state index contributed by atoms with van der Waals surface area (Å²) in [5, 5.41) is 0. The van der Waals surface area contributed by atoms with Crippen LogP contribution in [0.5, 0.6) is 0 Å². The van der Waals surface area contributed by atoms with E-state index in [0.29, 0.717) is 25.9 Å². The highest BCUT2D eigenvalue weighted by Gasteiger charge is 2.35. The number of aryl methyl sites for hydroxylation is 1. The van der Waals surface area contributed by atoms with Crippen molar-refractivity contribution in [1.29, 1.82) is 0 Å². The van der Waals surface area contributed by atoms with Gasteiger partial charge in [0.15, 0.2) is 0 Å². The first-order chi connectivity index (χ1) is 13.5. The number of nitrogens with zero attached hydrogens (tertiary/aromatic N) is 3. The Kier molecular flexibility index (Phi) is 6.16. The molecule has 0 radical (unpaired) electrons. The Balaban J connectivity index is 1.80. The molecule has 1 aliphatic rings. The van der Waals surface area contributed by atoms with Gasteiger partial charge < -0.3 is 9.30 Å². The van der Waals surface area contributed by atoms with Crippen LogP contribution in [0.25, 0.3) is 0 Å². The van der Waals surface area contributed by atoms with Gasteiger partial charge in [0, 0.05) is 13.1 Å². The summed E-state index contributed by atoms with van der Waals surface area (Å²) in [6.45, 7) is 6.58. The van der Waals surface area contributed by atoms with Crippen molar-refractivity contribution < 1.29 is 22.7 Å². The number of carbonyl (C=O) groups is 1. The second-order valence-corrected chi connectivity index (χ2v) is 9.06. The maximum atomic E-state index is 12.8. The van der Waals surface area contributed by atoms with Crippen molar-refractivity contribution in [1.82, 2.24) is 14.5 Å². The molecule has 158 valence electrons. The van der Waals surface area contributed by atoms with Crippen molar-refractivity contribution in [2.75, 3.05) is 6.54 Å². The number of alkyl halides is 3. The highest BCUT2D eigenvalue weighted by molar-refractivity contribution is 14.1. The van der Waals surface area contributed by atoms with E-state index < -0.39 is 23.4 Å². The molecular weight excluding hydrogens is 498 g/mol. The van der Waals surface area contributed by atoms with Gasteiger partial charge in [-0.2, -0.15) is 13.2 Å². The number of rotatable bonds is 3. The van der Waals surface area contributed by atoms with Crippen LogP contribution >= 0.6 is 22.6 Å². The Morgan fingerprint density at radius 2 is 1.86 bits per heavy atom. The van der Waals surface area contributed by atoms with E-state index in [2.05, 4.69) is 27.6 Å². The summed E-state index contributed by atoms with van der Waals surface area (Å²) < 4.78 is 46.7. The van der Waals surface area contributed by atoms with Gasteiger partial charge in [-0.15, -0.1) is 0 Å². The molecular formula is C20H23F3IN3O2. The number of aromatic nitrogens is 2. The zero-order chi connectivity index (χ0) is 21.4. The number of fused-ring (bicyclic) bond motifs is 1. The van der Waals surface area contributed by atoms with E-state index in [1.54, 1.807) is 11.2 Å². The van der Waals surface area contributed by atoms with Gasteiger partial charge in [-0.1, -0.05) is 12.1 Å². The fourth-order valence-corrected chi connectivity index (χ4v) is 4.18. The first kappa shape index (κ1) is 21.9. The van der Waals surface area contributed by atoms with Gasteiger partial charge >= 0.3 is 12.3 Å². The average Bonchev–Trinajstić information content (AvgIpc) is 2.99. The Hall–Kier alpha value is -1.78. The van der Waals surface area contributed by atoms with Crippen LogP contribution in [0.2, 0.25) is 0 Å². The van der Waals surface area contributed by atoms with Crippen molar-refractivity contribution in [3.05, 3.63) is 51.1 Å². The van der Waals surface area contributed by atoms with Crippen LogP contribution in [-0.4, -0.2) is 32.7 Å². The van der Waals surface area contributed by atoms with E-state index in [-0.39, 0.29) is 6.04 Å². The summed E-state index contributed by atoms with van der Waals surface area (Å²) in [4.78, 5) is 18.8. The minimum absolute atomic E-state index is 0.254. The summed E-state index contributed by atoms with van der Waals surface area (Å²) >= 11 is 2.15. The molecule has 0 saturated heterocycles. The second kappa shape index (κ2) is 8.16. The standard InChI is InChI=1S/C20H23F3IN3O2/c1-19(2,3)29-18(28)27-11-10-26-12-25-17(24)16(26)15(27)9-6-13-4-7-14(8-5-13)20(21,22)23/h4-5,7-8,12,15H,6,9-11H2,1-3H3/t15-/m0/s1. The normalized spacial score (nSPS) is 17.2. The van der Waals surface area contributed by atoms with Gasteiger partial charge in [0.2, 0.25) is 0 Å². The molecule has 3 rings (SSSR count). The fraction of sp³-hybridized carbons (Fsp3) is 0.500. The smallest absolute Gasteiger partial charge is 0.416 e. The number of hydrogen-bond acceptors (Lipinski definition) is 3. The molecule has 9 heteroatoms. The molecule has 0 aliphatic carbocycles. The molecule has 0 N–H and O–H groups in total. The third kappa shape index (κ3) is 5.23. The highest BCUT2D eigenvalue weighted by atomic mass is 127. The molecule has 2 aromatic rings. The van der Waals surface area contributed by atoms with E-state index in [4.69, 9.17) is 4.74 Å². The van der Waals surface area contributed by atoms with Gasteiger partial charge in [-0.3, -0.25) is 4.90 Å². The van der Waals surface area contributed by atoms with E-state index in [0.717, 1.165) is 27.1 Å². The lowest BCUT2D eigenvalue weighted by molar-refractivity contribution is -0.137. The third-order valence-corrected chi connectivity index (χ3v) is 5.55. The zero-order valence-corrected chi connectivity index (χ0v) is 18.6. The number of benzene rings is 1. The van der Waals surface area contributed by atoms with E-state index >= 15 is 0 Å². The summed E-state index contributed by atoms with van der Waals surface area (Å²) in [6, 6.07) is 4.92. The van der Waals surface area contributed by atoms with Crippen LogP contribution < -0.4 is 0 Å². The van der Waals surface area contributed by atoms with Crippen molar-refractivity contribution >= 4 is 28.7 Å². The summed E-state index contributed by atoms with van der Waals surface area (Å²) in [5.74, 6) is 0. The first-order valence-corrected chi connectivity index (χ1v) is 10.4. The summed E-state index contributed by atoms with van der Waals surface area (Å²) in [5.41, 5.74) is 0.449. The fourth-order valence-electron chi connectivity index (χ4n) is 3.39. The largest absolute Gasteiger partial charge is 0.444 e. The number of carbonyl (C=O) groups excluding carboxylic acids is 1. The highest BCUT2D eigenvalue weighted by Crippen LogP contribution is 2.34. The second-order valence-electron chi connectivity index (χ2n) is 8.04. The van der Waals surface area contributed by atoms with Crippen molar-refractivity contribution in [3.63, 3.8) is 0 Å². The maximum Gasteiger partial charge on any atom is 0.416 e. The number of hydrogen-bond donors (Lipinski definition) is 0. The third-order valence-electron chi connectivity index (χ3n) is 4.72. The maximum absolute atomic E-state index is 12.8. The van der Waals surface area contributed by atoms with Crippen LogP contribution in [0, 0.1) is 3.70 Å². The molecule has 1 aliphatic heterocycles. The van der Waals surface area contributed by atoms with Crippen LogP contribution in [0.15, 0.2) is 30.6 Å².